The van der Waals surface area contributed by atoms with E-state index in [0.29, 0.717) is 12.1 Å². The molecule has 0 saturated carbocycles. The van der Waals surface area contributed by atoms with Gasteiger partial charge in [0.1, 0.15) is 5.75 Å². The third-order valence-electron chi connectivity index (χ3n) is 3.39. The monoisotopic (exact) mass is 264 g/mol. The van der Waals surface area contributed by atoms with Gasteiger partial charge in [0.15, 0.2) is 0 Å². The van der Waals surface area contributed by atoms with Gasteiger partial charge in [0.05, 0.1) is 13.2 Å². The third-order valence-corrected chi connectivity index (χ3v) is 3.39. The van der Waals surface area contributed by atoms with E-state index in [2.05, 4.69) is 64.1 Å². The molecule has 0 heterocycles. The predicted octanol–water partition coefficient (Wildman–Crippen LogP) is 2.91. The van der Waals surface area contributed by atoms with Gasteiger partial charge in [0.25, 0.3) is 0 Å². The van der Waals surface area contributed by atoms with Gasteiger partial charge in [0.2, 0.25) is 0 Å². The molecule has 0 amide bonds. The number of aryl methyl sites for hydroxylation is 2. The largest absolute Gasteiger partial charge is 0.496 e. The number of benzene rings is 1. The molecule has 19 heavy (non-hydrogen) atoms. The van der Waals surface area contributed by atoms with Crippen LogP contribution in [0, 0.1) is 13.8 Å². The molecule has 1 unspecified atom stereocenters. The van der Waals surface area contributed by atoms with Gasteiger partial charge in [-0.25, -0.2) is 0 Å². The van der Waals surface area contributed by atoms with Crippen LogP contribution < -0.4 is 10.1 Å². The van der Waals surface area contributed by atoms with E-state index in [4.69, 9.17) is 4.74 Å². The quantitative estimate of drug-likeness (QED) is 0.855. The number of hydrogen-bond acceptors (Lipinski definition) is 3. The minimum absolute atomic E-state index is 0.318. The second-order valence-electron chi connectivity index (χ2n) is 5.74. The maximum absolute atomic E-state index is 5.59. The van der Waals surface area contributed by atoms with E-state index in [-0.39, 0.29) is 0 Å². The molecule has 3 heteroatoms. The molecule has 0 aromatic heterocycles. The second-order valence-corrected chi connectivity index (χ2v) is 5.74. The van der Waals surface area contributed by atoms with Crippen LogP contribution >= 0.6 is 0 Å². The third kappa shape index (κ3) is 4.22. The highest BCUT2D eigenvalue weighted by Crippen LogP contribution is 2.32. The topological polar surface area (TPSA) is 24.5 Å². The van der Waals surface area contributed by atoms with Crippen LogP contribution in [0.5, 0.6) is 5.75 Å². The summed E-state index contributed by atoms with van der Waals surface area (Å²) in [6.07, 6.45) is 0. The summed E-state index contributed by atoms with van der Waals surface area (Å²) >= 11 is 0. The maximum atomic E-state index is 5.59. The Morgan fingerprint density at radius 1 is 1.21 bits per heavy atom. The van der Waals surface area contributed by atoms with Gasteiger partial charge in [-0.2, -0.15) is 0 Å². The molecule has 1 aromatic rings. The Kier molecular flexibility index (Phi) is 5.83. The van der Waals surface area contributed by atoms with E-state index < -0.39 is 0 Å². The summed E-state index contributed by atoms with van der Waals surface area (Å²) in [5.41, 5.74) is 3.82. The number of nitrogens with one attached hydrogen (secondary N) is 1. The summed E-state index contributed by atoms with van der Waals surface area (Å²) in [6.45, 7) is 9.54. The van der Waals surface area contributed by atoms with Crippen LogP contribution in [0.15, 0.2) is 12.1 Å². The molecule has 1 aromatic carbocycles. The fourth-order valence-electron chi connectivity index (χ4n) is 2.43. The van der Waals surface area contributed by atoms with E-state index in [1.807, 2.05) is 0 Å². The minimum atomic E-state index is 0.318. The summed E-state index contributed by atoms with van der Waals surface area (Å²) < 4.78 is 5.59. The van der Waals surface area contributed by atoms with E-state index in [1.54, 1.807) is 7.11 Å². The molecule has 1 N–H and O–H groups in total. The van der Waals surface area contributed by atoms with Gasteiger partial charge in [-0.1, -0.05) is 19.9 Å². The molecule has 0 aliphatic rings. The van der Waals surface area contributed by atoms with Crippen molar-refractivity contribution in [3.8, 4) is 5.75 Å². The average molecular weight is 264 g/mol. The van der Waals surface area contributed by atoms with Crippen molar-refractivity contribution < 1.29 is 4.74 Å². The van der Waals surface area contributed by atoms with Crippen LogP contribution in [-0.4, -0.2) is 38.7 Å². The first kappa shape index (κ1) is 16.0. The predicted molar refractivity (Wildman–Crippen MR) is 82.0 cm³/mol. The number of nitrogens with zero attached hydrogens (tertiary/aromatic N) is 1. The second kappa shape index (κ2) is 6.92. The molecular weight excluding hydrogens is 236 g/mol. The molecule has 0 saturated heterocycles. The van der Waals surface area contributed by atoms with Crippen molar-refractivity contribution in [3.05, 3.63) is 28.8 Å². The fraction of sp³-hybridized carbons (Fsp3) is 0.625. The highest BCUT2D eigenvalue weighted by molar-refractivity contribution is 5.45. The highest BCUT2D eigenvalue weighted by Gasteiger charge is 2.21. The number of hydrogen-bond donors (Lipinski definition) is 1. The van der Waals surface area contributed by atoms with Crippen LogP contribution in [0.2, 0.25) is 0 Å². The van der Waals surface area contributed by atoms with Crippen molar-refractivity contribution in [1.82, 2.24) is 10.2 Å². The van der Waals surface area contributed by atoms with E-state index >= 15 is 0 Å². The Hall–Kier alpha value is -1.06. The number of methoxy groups -OCH3 is 1. The normalized spacial score (nSPS) is 13.1. The number of rotatable bonds is 6. The van der Waals surface area contributed by atoms with Crippen LogP contribution in [0.1, 0.15) is 36.6 Å². The van der Waals surface area contributed by atoms with Gasteiger partial charge in [-0.05, 0) is 45.1 Å². The first-order valence-electron chi connectivity index (χ1n) is 6.91. The van der Waals surface area contributed by atoms with E-state index in [0.717, 1.165) is 12.3 Å². The Labute approximate surface area is 118 Å². The molecule has 1 rings (SSSR count). The summed E-state index contributed by atoms with van der Waals surface area (Å²) in [5, 5.41) is 3.52. The smallest absolute Gasteiger partial charge is 0.124 e. The summed E-state index contributed by atoms with van der Waals surface area (Å²) in [4.78, 5) is 2.25. The molecule has 108 valence electrons. The van der Waals surface area contributed by atoms with Gasteiger partial charge in [0, 0.05) is 18.2 Å². The molecule has 0 spiro atoms. The Bertz CT molecular complexity index is 413. The minimum Gasteiger partial charge on any atom is -0.496 e. The van der Waals surface area contributed by atoms with Crippen LogP contribution in [0.25, 0.3) is 0 Å². The van der Waals surface area contributed by atoms with Gasteiger partial charge >= 0.3 is 0 Å². The van der Waals surface area contributed by atoms with Crippen LogP contribution in [0.3, 0.4) is 0 Å². The zero-order valence-electron chi connectivity index (χ0n) is 13.4. The standard InChI is InChI=1S/C16H28N2O/c1-11(2)17-10-14(18(5)6)16-13(4)8-12(3)9-15(16)19-7/h8-9,11,14,17H,10H2,1-7H3. The molecule has 3 nitrogen and oxygen atoms in total. The molecule has 0 aliphatic heterocycles. The fourth-order valence-corrected chi connectivity index (χ4v) is 2.43. The van der Waals surface area contributed by atoms with E-state index in [9.17, 15) is 0 Å². The first-order chi connectivity index (χ1) is 8.86. The van der Waals surface area contributed by atoms with Crippen LogP contribution in [-0.2, 0) is 0 Å². The van der Waals surface area contributed by atoms with Crippen LogP contribution in [0.4, 0.5) is 0 Å². The lowest BCUT2D eigenvalue weighted by Crippen LogP contribution is -2.35. The van der Waals surface area contributed by atoms with Gasteiger partial charge in [-0.15, -0.1) is 0 Å². The van der Waals surface area contributed by atoms with Crippen molar-refractivity contribution >= 4 is 0 Å². The van der Waals surface area contributed by atoms with Gasteiger partial charge < -0.3 is 15.0 Å². The highest BCUT2D eigenvalue weighted by atomic mass is 16.5. The zero-order valence-corrected chi connectivity index (χ0v) is 13.4. The SMILES string of the molecule is COc1cc(C)cc(C)c1C(CNC(C)C)N(C)C. The lowest BCUT2D eigenvalue weighted by Gasteiger charge is -2.29. The van der Waals surface area contributed by atoms with Crippen molar-refractivity contribution in [2.75, 3.05) is 27.7 Å². The molecular formula is C16H28N2O. The lowest BCUT2D eigenvalue weighted by molar-refractivity contribution is 0.273. The molecule has 0 fully saturated rings. The first-order valence-corrected chi connectivity index (χ1v) is 6.91. The molecule has 0 bridgehead atoms. The molecule has 0 aliphatic carbocycles. The average Bonchev–Trinajstić information content (AvgIpc) is 2.30. The summed E-state index contributed by atoms with van der Waals surface area (Å²) in [5.74, 6) is 0.988. The molecule has 1 atom stereocenters. The molecule has 0 radical (unpaired) electrons. The Morgan fingerprint density at radius 3 is 2.32 bits per heavy atom. The van der Waals surface area contributed by atoms with Crippen molar-refractivity contribution in [3.63, 3.8) is 0 Å². The number of likely N-dealkylation sites (N-methyl/N-ethyl adjacent to an activating group) is 1. The van der Waals surface area contributed by atoms with E-state index in [1.165, 1.54) is 16.7 Å². The summed E-state index contributed by atoms with van der Waals surface area (Å²) in [6, 6.07) is 5.15. The lowest BCUT2D eigenvalue weighted by atomic mass is 9.96. The zero-order chi connectivity index (χ0) is 14.6. The summed E-state index contributed by atoms with van der Waals surface area (Å²) in [7, 11) is 5.98. The van der Waals surface area contributed by atoms with Crippen molar-refractivity contribution in [2.24, 2.45) is 0 Å². The van der Waals surface area contributed by atoms with Gasteiger partial charge in [-0.3, -0.25) is 0 Å². The Balaban J connectivity index is 3.14. The van der Waals surface area contributed by atoms with Crippen molar-refractivity contribution in [2.45, 2.75) is 39.8 Å². The van der Waals surface area contributed by atoms with Crippen molar-refractivity contribution in [1.29, 1.82) is 0 Å². The Morgan fingerprint density at radius 2 is 1.84 bits per heavy atom. The number of ether oxygens (including phenoxy) is 1. The maximum Gasteiger partial charge on any atom is 0.124 e.